The highest BCUT2D eigenvalue weighted by atomic mass is 19.1. The first-order valence-electron chi connectivity index (χ1n) is 8.12. The number of terminal acetylenes is 1. The summed E-state index contributed by atoms with van der Waals surface area (Å²) in [5, 5.41) is 5.46. The fourth-order valence-electron chi connectivity index (χ4n) is 3.32. The molecule has 1 amide bonds. The van der Waals surface area contributed by atoms with Crippen LogP contribution in [-0.4, -0.2) is 15.7 Å². The SMILES string of the molecule is C#CCn1nc(-c2cc(F)ccc2C(N)=O)c2cccc(C3CC3)c21. The molecule has 4 nitrogen and oxygen atoms in total. The highest BCUT2D eigenvalue weighted by Crippen LogP contribution is 2.44. The van der Waals surface area contributed by atoms with Gasteiger partial charge in [-0.15, -0.1) is 6.42 Å². The molecule has 1 fully saturated rings. The molecule has 1 aliphatic carbocycles. The van der Waals surface area contributed by atoms with E-state index in [4.69, 9.17) is 12.2 Å². The summed E-state index contributed by atoms with van der Waals surface area (Å²) in [6, 6.07) is 9.88. The Labute approximate surface area is 144 Å². The quantitative estimate of drug-likeness (QED) is 0.743. The fourth-order valence-corrected chi connectivity index (χ4v) is 3.32. The molecule has 1 aromatic heterocycles. The standard InChI is InChI=1S/C20H16FN3O/c1-2-10-24-19-14(12-6-7-12)4-3-5-16(19)18(23-24)17-11-13(21)8-9-15(17)20(22)25/h1,3-5,8-9,11-12H,6-7,10H2,(H2,22,25). The van der Waals surface area contributed by atoms with Crippen LogP contribution < -0.4 is 5.73 Å². The van der Waals surface area contributed by atoms with Gasteiger partial charge in [0.1, 0.15) is 18.1 Å². The van der Waals surface area contributed by atoms with Gasteiger partial charge < -0.3 is 5.73 Å². The summed E-state index contributed by atoms with van der Waals surface area (Å²) in [6.45, 7) is 0.307. The van der Waals surface area contributed by atoms with Crippen LogP contribution in [0.4, 0.5) is 4.39 Å². The molecule has 0 aliphatic heterocycles. The van der Waals surface area contributed by atoms with E-state index in [1.165, 1.54) is 23.8 Å². The molecule has 0 atom stereocenters. The Morgan fingerprint density at radius 1 is 1.36 bits per heavy atom. The van der Waals surface area contributed by atoms with Gasteiger partial charge in [-0.2, -0.15) is 5.10 Å². The number of para-hydroxylation sites is 1. The van der Waals surface area contributed by atoms with Crippen molar-refractivity contribution in [1.82, 2.24) is 9.78 Å². The van der Waals surface area contributed by atoms with Gasteiger partial charge >= 0.3 is 0 Å². The van der Waals surface area contributed by atoms with Gasteiger partial charge in [0.25, 0.3) is 0 Å². The van der Waals surface area contributed by atoms with Crippen molar-refractivity contribution in [3.63, 3.8) is 0 Å². The lowest BCUT2D eigenvalue weighted by atomic mass is 9.99. The molecule has 25 heavy (non-hydrogen) atoms. The second-order valence-corrected chi connectivity index (χ2v) is 6.28. The third kappa shape index (κ3) is 2.56. The van der Waals surface area contributed by atoms with Crippen LogP contribution in [0.15, 0.2) is 36.4 Å². The maximum atomic E-state index is 13.8. The zero-order valence-corrected chi connectivity index (χ0v) is 13.5. The summed E-state index contributed by atoms with van der Waals surface area (Å²) < 4.78 is 15.6. The van der Waals surface area contributed by atoms with Crippen molar-refractivity contribution < 1.29 is 9.18 Å². The lowest BCUT2D eigenvalue weighted by Crippen LogP contribution is -2.12. The van der Waals surface area contributed by atoms with Crippen molar-refractivity contribution in [2.24, 2.45) is 5.73 Å². The third-order valence-electron chi connectivity index (χ3n) is 4.56. The number of aromatic nitrogens is 2. The van der Waals surface area contributed by atoms with Crippen molar-refractivity contribution in [2.75, 3.05) is 0 Å². The maximum absolute atomic E-state index is 13.8. The number of rotatable bonds is 4. The number of hydrogen-bond acceptors (Lipinski definition) is 2. The van der Waals surface area contributed by atoms with Crippen molar-refractivity contribution in [3.05, 3.63) is 53.3 Å². The molecule has 124 valence electrons. The topological polar surface area (TPSA) is 60.9 Å². The molecule has 1 heterocycles. The summed E-state index contributed by atoms with van der Waals surface area (Å²) in [4.78, 5) is 11.8. The number of carbonyl (C=O) groups excluding carboxylic acids is 1. The Morgan fingerprint density at radius 2 is 2.16 bits per heavy atom. The van der Waals surface area contributed by atoms with Crippen LogP contribution in [0.1, 0.15) is 34.7 Å². The smallest absolute Gasteiger partial charge is 0.249 e. The largest absolute Gasteiger partial charge is 0.366 e. The second-order valence-electron chi connectivity index (χ2n) is 6.28. The van der Waals surface area contributed by atoms with E-state index in [9.17, 15) is 9.18 Å². The van der Waals surface area contributed by atoms with E-state index >= 15 is 0 Å². The van der Waals surface area contributed by atoms with E-state index < -0.39 is 11.7 Å². The molecule has 2 aromatic carbocycles. The van der Waals surface area contributed by atoms with Crippen LogP contribution in [0.3, 0.4) is 0 Å². The minimum Gasteiger partial charge on any atom is -0.366 e. The lowest BCUT2D eigenvalue weighted by molar-refractivity contribution is 0.100. The molecule has 0 spiro atoms. The predicted molar refractivity (Wildman–Crippen MR) is 94.5 cm³/mol. The Hall–Kier alpha value is -3.13. The molecule has 3 aromatic rings. The number of primary amides is 1. The van der Waals surface area contributed by atoms with Crippen molar-refractivity contribution >= 4 is 16.8 Å². The van der Waals surface area contributed by atoms with Gasteiger partial charge in [0.15, 0.2) is 0 Å². The molecule has 4 rings (SSSR count). The minimum atomic E-state index is -0.618. The van der Waals surface area contributed by atoms with E-state index in [1.807, 2.05) is 12.1 Å². The van der Waals surface area contributed by atoms with E-state index in [1.54, 1.807) is 4.68 Å². The number of nitrogens with zero attached hydrogens (tertiary/aromatic N) is 2. The number of carbonyl (C=O) groups is 1. The van der Waals surface area contributed by atoms with Gasteiger partial charge in [0, 0.05) is 16.5 Å². The lowest BCUT2D eigenvalue weighted by Gasteiger charge is -2.05. The summed E-state index contributed by atoms with van der Waals surface area (Å²) in [7, 11) is 0. The van der Waals surface area contributed by atoms with Crippen LogP contribution in [0, 0.1) is 18.2 Å². The molecule has 0 bridgehead atoms. The van der Waals surface area contributed by atoms with E-state index in [0.29, 0.717) is 23.7 Å². The number of halogens is 1. The summed E-state index contributed by atoms with van der Waals surface area (Å²) in [6.07, 6.45) is 7.78. The summed E-state index contributed by atoms with van der Waals surface area (Å²) in [5.74, 6) is 2.05. The van der Waals surface area contributed by atoms with Crippen LogP contribution in [0.5, 0.6) is 0 Å². The zero-order chi connectivity index (χ0) is 17.6. The normalized spacial score (nSPS) is 13.8. The Morgan fingerprint density at radius 3 is 2.84 bits per heavy atom. The molecular weight excluding hydrogens is 317 g/mol. The molecule has 1 saturated carbocycles. The molecule has 1 aliphatic rings. The number of fused-ring (bicyclic) bond motifs is 1. The van der Waals surface area contributed by atoms with Crippen LogP contribution in [0.25, 0.3) is 22.2 Å². The van der Waals surface area contributed by atoms with E-state index in [2.05, 4.69) is 17.1 Å². The van der Waals surface area contributed by atoms with Gasteiger partial charge in [-0.3, -0.25) is 9.48 Å². The first kappa shape index (κ1) is 15.4. The van der Waals surface area contributed by atoms with E-state index in [0.717, 1.165) is 23.7 Å². The van der Waals surface area contributed by atoms with Gasteiger partial charge in [-0.1, -0.05) is 24.1 Å². The van der Waals surface area contributed by atoms with Gasteiger partial charge in [0.2, 0.25) is 5.91 Å². The highest BCUT2D eigenvalue weighted by Gasteiger charge is 2.28. The minimum absolute atomic E-state index is 0.241. The van der Waals surface area contributed by atoms with Gasteiger partial charge in [-0.25, -0.2) is 4.39 Å². The number of nitrogens with two attached hydrogens (primary N) is 1. The van der Waals surface area contributed by atoms with Gasteiger partial charge in [0.05, 0.1) is 5.52 Å². The van der Waals surface area contributed by atoms with Crippen molar-refractivity contribution in [2.45, 2.75) is 25.3 Å². The fraction of sp³-hybridized carbons (Fsp3) is 0.200. The van der Waals surface area contributed by atoms with Crippen LogP contribution in [-0.2, 0) is 6.54 Å². The van der Waals surface area contributed by atoms with Crippen molar-refractivity contribution in [3.8, 4) is 23.6 Å². The molecular formula is C20H16FN3O. The maximum Gasteiger partial charge on any atom is 0.249 e. The average molecular weight is 333 g/mol. The van der Waals surface area contributed by atoms with E-state index in [-0.39, 0.29) is 5.56 Å². The Kier molecular flexibility index (Phi) is 3.54. The second kappa shape index (κ2) is 5.75. The first-order chi connectivity index (χ1) is 12.1. The molecule has 5 heteroatoms. The first-order valence-corrected chi connectivity index (χ1v) is 8.12. The van der Waals surface area contributed by atoms with Crippen molar-refractivity contribution in [1.29, 1.82) is 0 Å². The number of amides is 1. The highest BCUT2D eigenvalue weighted by molar-refractivity contribution is 6.04. The molecule has 0 unspecified atom stereocenters. The van der Waals surface area contributed by atoms with Gasteiger partial charge in [-0.05, 0) is 42.5 Å². The molecule has 0 radical (unpaired) electrons. The Balaban J connectivity index is 2.04. The third-order valence-corrected chi connectivity index (χ3v) is 4.56. The predicted octanol–water partition coefficient (Wildman–Crippen LogP) is 3.45. The monoisotopic (exact) mass is 333 g/mol. The number of benzene rings is 2. The molecule has 2 N–H and O–H groups in total. The summed E-state index contributed by atoms with van der Waals surface area (Å²) >= 11 is 0. The van der Waals surface area contributed by atoms with Crippen LogP contribution >= 0.6 is 0 Å². The molecule has 0 saturated heterocycles. The summed E-state index contributed by atoms with van der Waals surface area (Å²) in [5.41, 5.74) is 8.79. The zero-order valence-electron chi connectivity index (χ0n) is 13.5. The van der Waals surface area contributed by atoms with Crippen LogP contribution in [0.2, 0.25) is 0 Å². The number of hydrogen-bond donors (Lipinski definition) is 1. The average Bonchev–Trinajstić information content (AvgIpc) is 3.37. The Bertz CT molecular complexity index is 1040.